The van der Waals surface area contributed by atoms with E-state index in [0.717, 1.165) is 36.3 Å². The highest BCUT2D eigenvalue weighted by molar-refractivity contribution is 5.58. The van der Waals surface area contributed by atoms with Crippen molar-refractivity contribution in [3.8, 4) is 11.3 Å². The SMILES string of the molecule is NC1CCCCC(Cc2cc(-c3ccccc3)no2)N1. The molecule has 3 rings (SSSR count). The highest BCUT2D eigenvalue weighted by Crippen LogP contribution is 2.21. The molecule has 1 aliphatic heterocycles. The molecule has 2 atom stereocenters. The van der Waals surface area contributed by atoms with E-state index in [2.05, 4.69) is 10.5 Å². The molecule has 106 valence electrons. The summed E-state index contributed by atoms with van der Waals surface area (Å²) in [5, 5.41) is 7.63. The lowest BCUT2D eigenvalue weighted by Crippen LogP contribution is -2.43. The van der Waals surface area contributed by atoms with E-state index < -0.39 is 0 Å². The van der Waals surface area contributed by atoms with Crippen molar-refractivity contribution in [3.63, 3.8) is 0 Å². The first-order valence-corrected chi connectivity index (χ1v) is 7.34. The first-order valence-electron chi connectivity index (χ1n) is 7.34. The van der Waals surface area contributed by atoms with Crippen molar-refractivity contribution in [2.45, 2.75) is 44.3 Å². The van der Waals surface area contributed by atoms with Crippen LogP contribution in [0.3, 0.4) is 0 Å². The third-order valence-electron chi connectivity index (χ3n) is 3.84. The Balaban J connectivity index is 1.68. The van der Waals surface area contributed by atoms with Gasteiger partial charge in [0.05, 0.1) is 6.17 Å². The Labute approximate surface area is 119 Å². The largest absolute Gasteiger partial charge is 0.361 e. The quantitative estimate of drug-likeness (QED) is 0.901. The molecule has 1 fully saturated rings. The van der Waals surface area contributed by atoms with Crippen molar-refractivity contribution in [2.75, 3.05) is 0 Å². The van der Waals surface area contributed by atoms with Gasteiger partial charge in [-0.1, -0.05) is 48.3 Å². The molecule has 2 aromatic rings. The van der Waals surface area contributed by atoms with Gasteiger partial charge in [-0.05, 0) is 12.8 Å². The summed E-state index contributed by atoms with van der Waals surface area (Å²) in [5.41, 5.74) is 8.01. The third kappa shape index (κ3) is 3.26. The van der Waals surface area contributed by atoms with Gasteiger partial charge in [0.25, 0.3) is 0 Å². The summed E-state index contributed by atoms with van der Waals surface area (Å²) in [4.78, 5) is 0. The van der Waals surface area contributed by atoms with Crippen molar-refractivity contribution < 1.29 is 4.52 Å². The number of nitrogens with one attached hydrogen (secondary N) is 1. The van der Waals surface area contributed by atoms with Crippen molar-refractivity contribution >= 4 is 0 Å². The molecular weight excluding hydrogens is 250 g/mol. The van der Waals surface area contributed by atoms with Crippen LogP contribution in [0.1, 0.15) is 31.4 Å². The second-order valence-electron chi connectivity index (χ2n) is 5.50. The molecule has 0 bridgehead atoms. The molecule has 1 aromatic heterocycles. The molecule has 0 spiro atoms. The predicted octanol–water partition coefficient (Wildman–Crippen LogP) is 2.70. The fourth-order valence-corrected chi connectivity index (χ4v) is 2.78. The van der Waals surface area contributed by atoms with E-state index in [1.807, 2.05) is 36.4 Å². The number of nitrogens with zero attached hydrogens (tertiary/aromatic N) is 1. The van der Waals surface area contributed by atoms with E-state index in [4.69, 9.17) is 10.3 Å². The van der Waals surface area contributed by atoms with E-state index in [9.17, 15) is 0 Å². The van der Waals surface area contributed by atoms with Gasteiger partial charge in [0.15, 0.2) is 0 Å². The van der Waals surface area contributed by atoms with E-state index in [1.165, 1.54) is 12.8 Å². The van der Waals surface area contributed by atoms with Crippen LogP contribution in [0, 0.1) is 0 Å². The Morgan fingerprint density at radius 3 is 2.85 bits per heavy atom. The monoisotopic (exact) mass is 271 g/mol. The number of rotatable bonds is 3. The number of hydrogen-bond acceptors (Lipinski definition) is 4. The summed E-state index contributed by atoms with van der Waals surface area (Å²) in [6.45, 7) is 0. The fourth-order valence-electron chi connectivity index (χ4n) is 2.78. The summed E-state index contributed by atoms with van der Waals surface area (Å²) >= 11 is 0. The average Bonchev–Trinajstić information content (AvgIpc) is 2.83. The predicted molar refractivity (Wildman–Crippen MR) is 79.0 cm³/mol. The number of benzene rings is 1. The molecule has 0 saturated carbocycles. The van der Waals surface area contributed by atoms with Gasteiger partial charge in [-0.3, -0.25) is 5.32 Å². The molecule has 3 N–H and O–H groups in total. The molecule has 20 heavy (non-hydrogen) atoms. The van der Waals surface area contributed by atoms with Gasteiger partial charge in [-0.25, -0.2) is 0 Å². The highest BCUT2D eigenvalue weighted by atomic mass is 16.5. The first kappa shape index (κ1) is 13.3. The zero-order chi connectivity index (χ0) is 13.8. The molecule has 1 saturated heterocycles. The summed E-state index contributed by atoms with van der Waals surface area (Å²) < 4.78 is 5.47. The standard InChI is InChI=1S/C16H21N3O/c17-16-9-5-4-8-13(18-16)10-14-11-15(19-20-14)12-6-2-1-3-7-12/h1-3,6-7,11,13,16,18H,4-5,8-10,17H2. The topological polar surface area (TPSA) is 64.1 Å². The summed E-state index contributed by atoms with van der Waals surface area (Å²) in [7, 11) is 0. The van der Waals surface area contributed by atoms with Crippen LogP contribution in [0.25, 0.3) is 11.3 Å². The van der Waals surface area contributed by atoms with Gasteiger partial charge in [0, 0.05) is 24.1 Å². The van der Waals surface area contributed by atoms with Gasteiger partial charge in [-0.15, -0.1) is 0 Å². The second-order valence-corrected chi connectivity index (χ2v) is 5.50. The van der Waals surface area contributed by atoms with Crippen LogP contribution in [0.15, 0.2) is 40.9 Å². The number of aromatic nitrogens is 1. The van der Waals surface area contributed by atoms with Gasteiger partial charge >= 0.3 is 0 Å². The van der Waals surface area contributed by atoms with Gasteiger partial charge in [0.2, 0.25) is 0 Å². The Kier molecular flexibility index (Phi) is 4.14. The normalized spacial score (nSPS) is 23.4. The third-order valence-corrected chi connectivity index (χ3v) is 3.84. The van der Waals surface area contributed by atoms with E-state index in [1.54, 1.807) is 0 Å². The van der Waals surface area contributed by atoms with Crippen molar-refractivity contribution in [1.29, 1.82) is 0 Å². The van der Waals surface area contributed by atoms with Crippen molar-refractivity contribution in [3.05, 3.63) is 42.2 Å². The van der Waals surface area contributed by atoms with E-state index >= 15 is 0 Å². The number of nitrogens with two attached hydrogens (primary N) is 1. The van der Waals surface area contributed by atoms with Gasteiger partial charge in [-0.2, -0.15) is 0 Å². The average molecular weight is 271 g/mol. The summed E-state index contributed by atoms with van der Waals surface area (Å²) in [6.07, 6.45) is 5.60. The molecule has 4 nitrogen and oxygen atoms in total. The summed E-state index contributed by atoms with van der Waals surface area (Å²) in [5.74, 6) is 0.926. The van der Waals surface area contributed by atoms with Crippen LogP contribution in [0.5, 0.6) is 0 Å². The maximum absolute atomic E-state index is 6.02. The minimum absolute atomic E-state index is 0.110. The lowest BCUT2D eigenvalue weighted by Gasteiger charge is -2.17. The lowest BCUT2D eigenvalue weighted by atomic mass is 10.1. The second kappa shape index (κ2) is 6.20. The molecule has 2 unspecified atom stereocenters. The molecule has 2 heterocycles. The summed E-state index contributed by atoms with van der Waals surface area (Å²) in [6, 6.07) is 12.5. The number of hydrogen-bond donors (Lipinski definition) is 2. The highest BCUT2D eigenvalue weighted by Gasteiger charge is 2.18. The minimum Gasteiger partial charge on any atom is -0.361 e. The Hall–Kier alpha value is -1.65. The zero-order valence-corrected chi connectivity index (χ0v) is 11.6. The smallest absolute Gasteiger partial charge is 0.138 e. The molecular formula is C16H21N3O. The van der Waals surface area contributed by atoms with Crippen LogP contribution >= 0.6 is 0 Å². The molecule has 4 heteroatoms. The van der Waals surface area contributed by atoms with Crippen LogP contribution in [0.2, 0.25) is 0 Å². The van der Waals surface area contributed by atoms with Crippen molar-refractivity contribution in [1.82, 2.24) is 10.5 Å². The Bertz CT molecular complexity index is 538. The van der Waals surface area contributed by atoms with Gasteiger partial charge in [0.1, 0.15) is 11.5 Å². The maximum Gasteiger partial charge on any atom is 0.138 e. The Morgan fingerprint density at radius 2 is 2.00 bits per heavy atom. The maximum atomic E-state index is 6.02. The molecule has 0 amide bonds. The van der Waals surface area contributed by atoms with Gasteiger partial charge < -0.3 is 10.3 Å². The minimum atomic E-state index is 0.110. The van der Waals surface area contributed by atoms with Crippen LogP contribution < -0.4 is 11.1 Å². The van der Waals surface area contributed by atoms with Crippen LogP contribution in [0.4, 0.5) is 0 Å². The van der Waals surface area contributed by atoms with E-state index in [-0.39, 0.29) is 6.17 Å². The molecule has 0 radical (unpaired) electrons. The zero-order valence-electron chi connectivity index (χ0n) is 11.6. The molecule has 1 aromatic carbocycles. The molecule has 0 aliphatic carbocycles. The lowest BCUT2D eigenvalue weighted by molar-refractivity contribution is 0.351. The molecule has 1 aliphatic rings. The Morgan fingerprint density at radius 1 is 1.20 bits per heavy atom. The van der Waals surface area contributed by atoms with E-state index in [0.29, 0.717) is 6.04 Å². The fraction of sp³-hybridized carbons (Fsp3) is 0.438. The first-order chi connectivity index (χ1) is 9.81. The van der Waals surface area contributed by atoms with Crippen molar-refractivity contribution in [2.24, 2.45) is 5.73 Å². The van der Waals surface area contributed by atoms with Crippen LogP contribution in [-0.2, 0) is 6.42 Å². The van der Waals surface area contributed by atoms with Crippen LogP contribution in [-0.4, -0.2) is 17.4 Å².